The smallest absolute Gasteiger partial charge is 0.672 e. The summed E-state index contributed by atoms with van der Waals surface area (Å²) in [6.07, 6.45) is 32.5. The van der Waals surface area contributed by atoms with E-state index >= 15 is 0 Å². The fraction of sp³-hybridized carbons (Fsp3) is 1.00. The van der Waals surface area contributed by atoms with Crippen molar-refractivity contribution < 1.29 is 48.0 Å². The topological polar surface area (TPSA) is 233 Å². The summed E-state index contributed by atoms with van der Waals surface area (Å²) in [5.74, 6) is 11.5. The van der Waals surface area contributed by atoms with Crippen molar-refractivity contribution in [2.45, 2.75) is 176 Å². The van der Waals surface area contributed by atoms with Crippen LogP contribution in [0.3, 0.4) is 0 Å². The van der Waals surface area contributed by atoms with Crippen LogP contribution in [0.15, 0.2) is 0 Å². The minimum absolute atomic E-state index is 0. The zero-order valence-electron chi connectivity index (χ0n) is 31.7. The van der Waals surface area contributed by atoms with Gasteiger partial charge in [-0.1, -0.05) is 77.0 Å². The molecule has 0 spiro atoms. The minimum atomic E-state index is -4.67. The second kappa shape index (κ2) is 15.9. The van der Waals surface area contributed by atoms with Crippen LogP contribution in [-0.4, -0.2) is 50.6 Å². The van der Waals surface area contributed by atoms with Crippen molar-refractivity contribution in [1.29, 1.82) is 0 Å². The van der Waals surface area contributed by atoms with Gasteiger partial charge < -0.3 is 33.9 Å². The molecule has 0 aliphatic heterocycles. The minimum Gasteiger partial charge on any atom is -0.672 e. The van der Waals surface area contributed by atoms with Crippen molar-refractivity contribution in [3.8, 4) is 0 Å². The molecule has 0 aromatic rings. The number of rotatable bonds is 0. The van der Waals surface area contributed by atoms with Crippen LogP contribution in [0.2, 0.25) is 0 Å². The summed E-state index contributed by atoms with van der Waals surface area (Å²) in [4.78, 5) is 0. The Balaban J connectivity index is 0.000000126. The average molecular weight is 800 g/mol. The van der Waals surface area contributed by atoms with E-state index in [0.29, 0.717) is 0 Å². The molecular formula is C40H70N4O6SZn-2. The molecule has 0 unspecified atom stereocenters. The first-order valence-electron chi connectivity index (χ1n) is 20.6. The van der Waals surface area contributed by atoms with Gasteiger partial charge in [-0.2, -0.15) is 8.42 Å². The standard InChI is InChI=1S/4C10H16N.H2O4S.2H2O.Zn/c4*11-10-4-7-1-8(5-10)3-9(2-7)6-10;1-5(2,3)4;;;/h4*7-9,11H,1-6H2;(H2,1,2,3,4);2*1H2;/q4*-1;;;;+2. The second-order valence-electron chi connectivity index (χ2n) is 21.2. The summed E-state index contributed by atoms with van der Waals surface area (Å²) >= 11 is 0. The van der Waals surface area contributed by atoms with E-state index in [0.717, 1.165) is 71.0 Å². The van der Waals surface area contributed by atoms with Gasteiger partial charge in [0.1, 0.15) is 0 Å². The molecule has 296 valence electrons. The summed E-state index contributed by atoms with van der Waals surface area (Å²) < 4.78 is 31.6. The molecule has 0 aromatic carbocycles. The van der Waals surface area contributed by atoms with Crippen molar-refractivity contribution in [1.82, 2.24) is 0 Å². The molecule has 52 heavy (non-hydrogen) atoms. The third-order valence-corrected chi connectivity index (χ3v) is 16.2. The van der Waals surface area contributed by atoms with Crippen LogP contribution in [0, 0.1) is 71.0 Å². The Morgan fingerprint density at radius 3 is 0.462 bits per heavy atom. The Bertz CT molecular complexity index is 1010. The van der Waals surface area contributed by atoms with E-state index in [1.165, 1.54) is 154 Å². The Kier molecular flexibility index (Phi) is 13.3. The average Bonchev–Trinajstić information content (AvgIpc) is 2.88. The van der Waals surface area contributed by atoms with Crippen LogP contribution in [0.25, 0.3) is 22.9 Å². The summed E-state index contributed by atoms with van der Waals surface area (Å²) in [5, 5.41) is 0. The third kappa shape index (κ3) is 10.4. The molecule has 16 bridgehead atoms. The van der Waals surface area contributed by atoms with Gasteiger partial charge in [-0.15, -0.1) is 22.2 Å². The molecule has 0 saturated heterocycles. The summed E-state index contributed by atoms with van der Waals surface area (Å²) in [6.45, 7) is 0. The molecule has 12 heteroatoms. The first-order valence-corrected chi connectivity index (χ1v) is 22.0. The first-order chi connectivity index (χ1) is 22.9. The van der Waals surface area contributed by atoms with Gasteiger partial charge in [0.2, 0.25) is 0 Å². The van der Waals surface area contributed by atoms with Gasteiger partial charge in [-0.25, -0.2) is 0 Å². The van der Waals surface area contributed by atoms with Crippen LogP contribution in [0.1, 0.15) is 154 Å². The van der Waals surface area contributed by atoms with E-state index in [1.54, 1.807) is 0 Å². The van der Waals surface area contributed by atoms with Crippen LogP contribution in [-0.2, 0) is 29.9 Å². The molecule has 16 aliphatic rings. The molecular weight excluding hydrogens is 730 g/mol. The molecule has 16 fully saturated rings. The number of hydrogen-bond donors (Lipinski definition) is 2. The van der Waals surface area contributed by atoms with E-state index in [1.807, 2.05) is 0 Å². The van der Waals surface area contributed by atoms with E-state index in [4.69, 9.17) is 40.5 Å². The van der Waals surface area contributed by atoms with Crippen LogP contribution in [0.5, 0.6) is 0 Å². The molecule has 0 amide bonds. The molecule has 0 aromatic heterocycles. The van der Waals surface area contributed by atoms with Crippen molar-refractivity contribution in [2.75, 3.05) is 0 Å². The first kappa shape index (κ1) is 43.4. The fourth-order valence-corrected chi connectivity index (χ4v) is 16.4. The van der Waals surface area contributed by atoms with E-state index < -0.39 is 10.4 Å². The summed E-state index contributed by atoms with van der Waals surface area (Å²) in [5.41, 5.74) is 33.0. The fourth-order valence-electron chi connectivity index (χ4n) is 16.4. The quantitative estimate of drug-likeness (QED) is 0.180. The van der Waals surface area contributed by atoms with Gasteiger partial charge in [-0.3, -0.25) is 9.11 Å². The van der Waals surface area contributed by atoms with E-state index in [-0.39, 0.29) is 52.6 Å². The Labute approximate surface area is 327 Å². The zero-order chi connectivity index (χ0) is 34.4. The molecule has 10 nitrogen and oxygen atoms in total. The SMILES string of the molecule is O.O.O=S(=O)(O)O.[NH-]C12CC3CC(CC(C3)C1)C2.[NH-]C12CC3CC(CC(C3)C1)C2.[NH-]C12CC3CC(CC(C3)C1)C2.[NH-]C12CC3CC(CC(C3)C1)C2.[Zn+2]. The van der Waals surface area contributed by atoms with Gasteiger partial charge in [-0.05, 0) is 148 Å². The summed E-state index contributed by atoms with van der Waals surface area (Å²) in [7, 11) is -4.67. The van der Waals surface area contributed by atoms with Gasteiger partial charge in [0.05, 0.1) is 0 Å². The number of hydrogen-bond acceptors (Lipinski definition) is 2. The van der Waals surface area contributed by atoms with Gasteiger partial charge in [0, 0.05) is 0 Å². The van der Waals surface area contributed by atoms with Crippen molar-refractivity contribution in [3.63, 3.8) is 0 Å². The predicted molar refractivity (Wildman–Crippen MR) is 202 cm³/mol. The largest absolute Gasteiger partial charge is 2.00 e. The van der Waals surface area contributed by atoms with Crippen LogP contribution >= 0.6 is 0 Å². The van der Waals surface area contributed by atoms with Crippen LogP contribution in [0.4, 0.5) is 0 Å². The van der Waals surface area contributed by atoms with Gasteiger partial charge in [0.25, 0.3) is 0 Å². The molecule has 16 saturated carbocycles. The Morgan fingerprint density at radius 1 is 0.327 bits per heavy atom. The monoisotopic (exact) mass is 798 g/mol. The zero-order valence-corrected chi connectivity index (χ0v) is 35.5. The van der Waals surface area contributed by atoms with E-state index in [2.05, 4.69) is 0 Å². The Morgan fingerprint density at radius 2 is 0.404 bits per heavy atom. The molecule has 10 N–H and O–H groups in total. The van der Waals surface area contributed by atoms with Crippen LogP contribution < -0.4 is 0 Å². The number of nitrogens with one attached hydrogen (secondary N) is 4. The molecule has 0 atom stereocenters. The maximum atomic E-state index is 8.74. The molecule has 16 rings (SSSR count). The molecule has 16 aliphatic carbocycles. The Hall–Kier alpha value is 0.253. The predicted octanol–water partition coefficient (Wildman–Crippen LogP) is 9.72. The van der Waals surface area contributed by atoms with Gasteiger partial charge >= 0.3 is 29.9 Å². The van der Waals surface area contributed by atoms with Gasteiger partial charge in [0.15, 0.2) is 0 Å². The van der Waals surface area contributed by atoms with E-state index in [9.17, 15) is 0 Å². The summed E-state index contributed by atoms with van der Waals surface area (Å²) in [6, 6.07) is 0. The second-order valence-corrected chi connectivity index (χ2v) is 22.1. The maximum Gasteiger partial charge on any atom is 2.00 e. The third-order valence-electron chi connectivity index (χ3n) is 16.2. The van der Waals surface area contributed by atoms with Crippen molar-refractivity contribution in [2.24, 2.45) is 71.0 Å². The molecule has 0 heterocycles. The van der Waals surface area contributed by atoms with Crippen molar-refractivity contribution in [3.05, 3.63) is 22.9 Å². The maximum absolute atomic E-state index is 8.74. The van der Waals surface area contributed by atoms with Crippen molar-refractivity contribution >= 4 is 10.4 Å². The molecule has 0 radical (unpaired) electrons. The normalized spacial score (nSPS) is 52.1.